The van der Waals surface area contributed by atoms with Crippen LogP contribution in [0.3, 0.4) is 0 Å². The van der Waals surface area contributed by atoms with Crippen molar-refractivity contribution < 1.29 is 5.11 Å². The molecule has 3 nitrogen and oxygen atoms in total. The summed E-state index contributed by atoms with van der Waals surface area (Å²) in [5.74, 6) is 0.833. The first-order chi connectivity index (χ1) is 7.24. The van der Waals surface area contributed by atoms with Crippen molar-refractivity contribution >= 4 is 5.69 Å². The van der Waals surface area contributed by atoms with Crippen LogP contribution >= 0.6 is 0 Å². The molecule has 3 N–H and O–H groups in total. The number of rotatable bonds is 2. The van der Waals surface area contributed by atoms with Crippen LogP contribution in [0.5, 0.6) is 5.75 Å². The van der Waals surface area contributed by atoms with E-state index < -0.39 is 0 Å². The van der Waals surface area contributed by atoms with E-state index in [9.17, 15) is 5.11 Å². The Kier molecular flexibility index (Phi) is 2.82. The molecule has 1 aromatic rings. The van der Waals surface area contributed by atoms with Crippen molar-refractivity contribution in [2.75, 3.05) is 25.0 Å². The molecule has 2 rings (SSSR count). The molecule has 1 unspecified atom stereocenters. The number of phenolic OH excluding ortho intramolecular Hbond substituents is 1. The Morgan fingerprint density at radius 2 is 2.33 bits per heavy atom. The molecule has 0 aromatic heterocycles. The minimum absolute atomic E-state index is 0.414. The van der Waals surface area contributed by atoms with Crippen LogP contribution in [0.1, 0.15) is 24.3 Å². The molecule has 1 aliphatic heterocycles. The smallest absolute Gasteiger partial charge is 0.121 e. The molecule has 0 spiro atoms. The van der Waals surface area contributed by atoms with Gasteiger partial charge in [-0.05, 0) is 37.4 Å². The predicted octanol–water partition coefficient (Wildman–Crippen LogP) is 1.66. The molecular weight excluding hydrogens is 188 g/mol. The van der Waals surface area contributed by atoms with Crippen LogP contribution in [-0.4, -0.2) is 25.2 Å². The summed E-state index contributed by atoms with van der Waals surface area (Å²) < 4.78 is 0. The van der Waals surface area contributed by atoms with Gasteiger partial charge >= 0.3 is 0 Å². The summed E-state index contributed by atoms with van der Waals surface area (Å²) in [6, 6.07) is 5.73. The van der Waals surface area contributed by atoms with Crippen LogP contribution in [0.4, 0.5) is 5.69 Å². The van der Waals surface area contributed by atoms with E-state index in [-0.39, 0.29) is 0 Å². The van der Waals surface area contributed by atoms with E-state index in [1.165, 1.54) is 0 Å². The van der Waals surface area contributed by atoms with Crippen LogP contribution in [-0.2, 0) is 0 Å². The molecule has 82 valence electrons. The molecule has 0 aliphatic carbocycles. The van der Waals surface area contributed by atoms with Gasteiger partial charge in [-0.2, -0.15) is 0 Å². The Morgan fingerprint density at radius 3 is 3.07 bits per heavy atom. The Labute approximate surface area is 90.5 Å². The van der Waals surface area contributed by atoms with Gasteiger partial charge in [0.1, 0.15) is 5.75 Å². The lowest BCUT2D eigenvalue weighted by atomic mass is 9.87. The van der Waals surface area contributed by atoms with Gasteiger partial charge in [0, 0.05) is 24.8 Å². The number of aromatic hydroxyl groups is 1. The summed E-state index contributed by atoms with van der Waals surface area (Å²) >= 11 is 0. The zero-order chi connectivity index (χ0) is 10.8. The minimum atomic E-state index is 0.414. The second-order valence-corrected chi connectivity index (χ2v) is 4.19. The quantitative estimate of drug-likeness (QED) is 0.773. The van der Waals surface area contributed by atoms with E-state index in [4.69, 9.17) is 5.73 Å². The lowest BCUT2D eigenvalue weighted by Crippen LogP contribution is -2.28. The normalized spacial score (nSPS) is 20.1. The van der Waals surface area contributed by atoms with Crippen LogP contribution in [0.2, 0.25) is 0 Å². The Hall–Kier alpha value is -1.22. The Morgan fingerprint density at radius 1 is 1.53 bits per heavy atom. The number of hydrogen-bond acceptors (Lipinski definition) is 3. The van der Waals surface area contributed by atoms with Gasteiger partial charge < -0.3 is 15.7 Å². The average Bonchev–Trinajstić information content (AvgIpc) is 2.23. The van der Waals surface area contributed by atoms with E-state index in [0.29, 0.717) is 18.2 Å². The summed E-state index contributed by atoms with van der Waals surface area (Å²) in [5.41, 5.74) is 7.84. The van der Waals surface area contributed by atoms with Gasteiger partial charge in [0.15, 0.2) is 0 Å². The highest BCUT2D eigenvalue weighted by atomic mass is 16.3. The summed E-state index contributed by atoms with van der Waals surface area (Å²) in [5, 5.41) is 9.90. The highest BCUT2D eigenvalue weighted by Crippen LogP contribution is 2.41. The summed E-state index contributed by atoms with van der Waals surface area (Å²) in [4.78, 5) is 2.20. The van der Waals surface area contributed by atoms with Gasteiger partial charge in [-0.15, -0.1) is 0 Å². The first kappa shape index (κ1) is 10.3. The predicted molar refractivity (Wildman–Crippen MR) is 62.4 cm³/mol. The van der Waals surface area contributed by atoms with Crippen molar-refractivity contribution in [1.29, 1.82) is 0 Å². The van der Waals surface area contributed by atoms with Gasteiger partial charge in [-0.3, -0.25) is 0 Å². The third-order valence-electron chi connectivity index (χ3n) is 3.21. The van der Waals surface area contributed by atoms with Crippen molar-refractivity contribution in [1.82, 2.24) is 0 Å². The first-order valence-electron chi connectivity index (χ1n) is 5.47. The van der Waals surface area contributed by atoms with Crippen LogP contribution in [0, 0.1) is 0 Å². The molecule has 0 saturated heterocycles. The number of benzene rings is 1. The lowest BCUT2D eigenvalue weighted by Gasteiger charge is -2.33. The molecule has 1 aromatic carbocycles. The largest absolute Gasteiger partial charge is 0.508 e. The zero-order valence-electron chi connectivity index (χ0n) is 9.11. The fraction of sp³-hybridized carbons (Fsp3) is 0.500. The topological polar surface area (TPSA) is 49.5 Å². The van der Waals surface area contributed by atoms with Gasteiger partial charge in [-0.1, -0.05) is 6.07 Å². The van der Waals surface area contributed by atoms with Gasteiger partial charge in [0.2, 0.25) is 0 Å². The highest BCUT2D eigenvalue weighted by molar-refractivity contribution is 5.61. The Bertz CT molecular complexity index is 351. The molecule has 0 fully saturated rings. The van der Waals surface area contributed by atoms with Gasteiger partial charge in [0.25, 0.3) is 0 Å². The SMILES string of the molecule is CN1CCC(CCN)c2c(O)cccc21. The summed E-state index contributed by atoms with van der Waals surface area (Å²) in [7, 11) is 2.07. The second kappa shape index (κ2) is 4.11. The minimum Gasteiger partial charge on any atom is -0.508 e. The molecular formula is C12H18N2O. The number of anilines is 1. The molecule has 0 radical (unpaired) electrons. The van der Waals surface area contributed by atoms with Crippen molar-refractivity contribution in [3.63, 3.8) is 0 Å². The third kappa shape index (κ3) is 1.79. The third-order valence-corrected chi connectivity index (χ3v) is 3.21. The fourth-order valence-corrected chi connectivity index (χ4v) is 2.40. The Balaban J connectivity index is 2.42. The van der Waals surface area contributed by atoms with Crippen LogP contribution in [0.25, 0.3) is 0 Å². The molecule has 0 amide bonds. The summed E-state index contributed by atoms with van der Waals surface area (Å²) in [6.07, 6.45) is 2.04. The summed E-state index contributed by atoms with van der Waals surface area (Å²) in [6.45, 7) is 1.73. The maximum atomic E-state index is 9.90. The van der Waals surface area contributed by atoms with Gasteiger partial charge in [-0.25, -0.2) is 0 Å². The standard InChI is InChI=1S/C12H18N2O/c1-14-8-6-9(5-7-13)12-10(14)3-2-4-11(12)15/h2-4,9,15H,5-8,13H2,1H3. The van der Waals surface area contributed by atoms with Crippen LogP contribution < -0.4 is 10.6 Å². The number of nitrogens with two attached hydrogens (primary N) is 1. The monoisotopic (exact) mass is 206 g/mol. The number of hydrogen-bond donors (Lipinski definition) is 2. The molecule has 0 bridgehead atoms. The number of phenols is 1. The van der Waals surface area contributed by atoms with E-state index in [1.54, 1.807) is 6.07 Å². The molecule has 15 heavy (non-hydrogen) atoms. The average molecular weight is 206 g/mol. The maximum Gasteiger partial charge on any atom is 0.121 e. The molecule has 1 heterocycles. The van der Waals surface area contributed by atoms with Crippen molar-refractivity contribution in [3.05, 3.63) is 23.8 Å². The van der Waals surface area contributed by atoms with E-state index >= 15 is 0 Å². The number of nitrogens with zero attached hydrogens (tertiary/aromatic N) is 1. The maximum absolute atomic E-state index is 9.90. The zero-order valence-corrected chi connectivity index (χ0v) is 9.11. The lowest BCUT2D eigenvalue weighted by molar-refractivity contribution is 0.448. The van der Waals surface area contributed by atoms with Gasteiger partial charge in [0.05, 0.1) is 0 Å². The molecule has 1 aliphatic rings. The van der Waals surface area contributed by atoms with E-state index in [0.717, 1.165) is 30.6 Å². The highest BCUT2D eigenvalue weighted by Gasteiger charge is 2.25. The van der Waals surface area contributed by atoms with Crippen LogP contribution in [0.15, 0.2) is 18.2 Å². The molecule has 0 saturated carbocycles. The van der Waals surface area contributed by atoms with Crippen molar-refractivity contribution in [2.45, 2.75) is 18.8 Å². The van der Waals surface area contributed by atoms with E-state index in [2.05, 4.69) is 18.0 Å². The molecule has 1 atom stereocenters. The molecule has 3 heteroatoms. The fourth-order valence-electron chi connectivity index (χ4n) is 2.40. The van der Waals surface area contributed by atoms with Crippen molar-refractivity contribution in [2.24, 2.45) is 5.73 Å². The second-order valence-electron chi connectivity index (χ2n) is 4.19. The van der Waals surface area contributed by atoms with E-state index in [1.807, 2.05) is 6.07 Å². The number of fused-ring (bicyclic) bond motifs is 1. The first-order valence-corrected chi connectivity index (χ1v) is 5.47. The van der Waals surface area contributed by atoms with Crippen molar-refractivity contribution in [3.8, 4) is 5.75 Å².